The molecule has 0 aliphatic rings. The third-order valence-electron chi connectivity index (χ3n) is 4.41. The molecule has 1 aromatic heterocycles. The molecule has 1 heterocycles. The lowest BCUT2D eigenvalue weighted by Crippen LogP contribution is -2.17. The average molecular weight is 533 g/mol. The lowest BCUT2D eigenvalue weighted by Gasteiger charge is -2.13. The lowest BCUT2D eigenvalue weighted by atomic mass is 10.2. The number of hydrazone groups is 1. The quantitative estimate of drug-likeness (QED) is 0.216. The van der Waals surface area contributed by atoms with E-state index in [1.54, 1.807) is 43.3 Å². The molecule has 0 saturated carbocycles. The monoisotopic (exact) mass is 532 g/mol. The van der Waals surface area contributed by atoms with Crippen LogP contribution in [0.2, 0.25) is 0 Å². The predicted molar refractivity (Wildman–Crippen MR) is 130 cm³/mol. The minimum atomic E-state index is -0.499. The van der Waals surface area contributed by atoms with Crippen LogP contribution in [0.1, 0.15) is 36.9 Å². The van der Waals surface area contributed by atoms with Gasteiger partial charge in [0.1, 0.15) is 11.3 Å². The van der Waals surface area contributed by atoms with Gasteiger partial charge in [-0.25, -0.2) is 10.2 Å². The van der Waals surface area contributed by atoms with E-state index in [4.69, 9.17) is 23.4 Å². The Hall–Kier alpha value is -3.53. The SMILES string of the molecule is CCOC(=O)COc1cc(Br)c(/C=N/NC(=O)c2cc3cc(OCC)ccc3o2)cc1OCC. The molecule has 0 saturated heterocycles. The number of benzene rings is 2. The summed E-state index contributed by atoms with van der Waals surface area (Å²) in [5, 5.41) is 4.77. The fourth-order valence-corrected chi connectivity index (χ4v) is 3.40. The number of hydrogen-bond acceptors (Lipinski definition) is 8. The van der Waals surface area contributed by atoms with E-state index in [0.717, 1.165) is 5.39 Å². The molecule has 0 bridgehead atoms. The predicted octanol–water partition coefficient (Wildman–Crippen LogP) is 4.70. The van der Waals surface area contributed by atoms with Gasteiger partial charge in [-0.2, -0.15) is 5.10 Å². The zero-order chi connectivity index (χ0) is 24.5. The van der Waals surface area contributed by atoms with E-state index in [1.807, 2.05) is 13.8 Å². The van der Waals surface area contributed by atoms with Gasteiger partial charge in [0.05, 0.1) is 26.0 Å². The number of carbonyl (C=O) groups excluding carboxylic acids is 2. The second-order valence-corrected chi connectivity index (χ2v) is 7.64. The molecular formula is C24H25BrN2O7. The van der Waals surface area contributed by atoms with Crippen LogP contribution in [0.25, 0.3) is 11.0 Å². The highest BCUT2D eigenvalue weighted by Gasteiger charge is 2.14. The summed E-state index contributed by atoms with van der Waals surface area (Å²) in [6, 6.07) is 10.3. The number of carbonyl (C=O) groups is 2. The molecule has 2 aromatic carbocycles. The van der Waals surface area contributed by atoms with E-state index in [-0.39, 0.29) is 19.0 Å². The van der Waals surface area contributed by atoms with Gasteiger partial charge in [-0.15, -0.1) is 0 Å². The van der Waals surface area contributed by atoms with E-state index in [9.17, 15) is 9.59 Å². The van der Waals surface area contributed by atoms with E-state index in [0.29, 0.717) is 46.1 Å². The fraction of sp³-hybridized carbons (Fsp3) is 0.292. The molecule has 0 atom stereocenters. The summed E-state index contributed by atoms with van der Waals surface area (Å²) >= 11 is 3.44. The van der Waals surface area contributed by atoms with Gasteiger partial charge in [0.15, 0.2) is 23.9 Å². The second-order valence-electron chi connectivity index (χ2n) is 6.79. The van der Waals surface area contributed by atoms with Crippen molar-refractivity contribution in [3.63, 3.8) is 0 Å². The summed E-state index contributed by atoms with van der Waals surface area (Å²) in [7, 11) is 0. The van der Waals surface area contributed by atoms with Crippen LogP contribution >= 0.6 is 15.9 Å². The molecule has 10 heteroatoms. The van der Waals surface area contributed by atoms with Crippen LogP contribution in [0.4, 0.5) is 0 Å². The molecule has 0 unspecified atom stereocenters. The molecule has 180 valence electrons. The van der Waals surface area contributed by atoms with Crippen molar-refractivity contribution in [3.8, 4) is 17.2 Å². The van der Waals surface area contributed by atoms with Crippen LogP contribution < -0.4 is 19.6 Å². The molecule has 0 aliphatic heterocycles. The van der Waals surface area contributed by atoms with Crippen LogP contribution in [-0.2, 0) is 9.53 Å². The van der Waals surface area contributed by atoms with Crippen molar-refractivity contribution in [1.29, 1.82) is 0 Å². The van der Waals surface area contributed by atoms with Crippen LogP contribution in [0.5, 0.6) is 17.2 Å². The lowest BCUT2D eigenvalue weighted by molar-refractivity contribution is -0.145. The summed E-state index contributed by atoms with van der Waals surface area (Å²) in [4.78, 5) is 24.1. The first-order valence-corrected chi connectivity index (χ1v) is 11.5. The van der Waals surface area contributed by atoms with E-state index < -0.39 is 11.9 Å². The third-order valence-corrected chi connectivity index (χ3v) is 5.09. The van der Waals surface area contributed by atoms with Crippen molar-refractivity contribution in [2.45, 2.75) is 20.8 Å². The molecular weight excluding hydrogens is 508 g/mol. The molecule has 1 amide bonds. The number of rotatable bonds is 11. The van der Waals surface area contributed by atoms with E-state index in [1.165, 1.54) is 6.21 Å². The Morgan fingerprint density at radius 3 is 2.50 bits per heavy atom. The minimum Gasteiger partial charge on any atom is -0.494 e. The highest BCUT2D eigenvalue weighted by molar-refractivity contribution is 9.10. The number of nitrogens with zero attached hydrogens (tertiary/aromatic N) is 1. The molecule has 0 spiro atoms. The topological polar surface area (TPSA) is 109 Å². The molecule has 3 aromatic rings. The maximum Gasteiger partial charge on any atom is 0.344 e. The average Bonchev–Trinajstić information content (AvgIpc) is 3.24. The Bertz CT molecular complexity index is 1190. The van der Waals surface area contributed by atoms with Gasteiger partial charge in [0.2, 0.25) is 0 Å². The summed E-state index contributed by atoms with van der Waals surface area (Å²) in [5.74, 6) is 0.639. The van der Waals surface area contributed by atoms with Gasteiger partial charge in [0, 0.05) is 15.4 Å². The third kappa shape index (κ3) is 6.50. The number of furan rings is 1. The molecule has 3 rings (SSSR count). The highest BCUT2D eigenvalue weighted by Crippen LogP contribution is 2.33. The Balaban J connectivity index is 1.70. The largest absolute Gasteiger partial charge is 0.494 e. The first-order valence-electron chi connectivity index (χ1n) is 10.7. The van der Waals surface area contributed by atoms with E-state index >= 15 is 0 Å². The Kier molecular flexibility index (Phi) is 8.92. The van der Waals surface area contributed by atoms with Gasteiger partial charge in [-0.05, 0) is 73.1 Å². The molecule has 9 nitrogen and oxygen atoms in total. The number of fused-ring (bicyclic) bond motifs is 1. The van der Waals surface area contributed by atoms with Crippen LogP contribution in [0, 0.1) is 0 Å². The Morgan fingerprint density at radius 1 is 1.00 bits per heavy atom. The number of nitrogens with one attached hydrogen (secondary N) is 1. The van der Waals surface area contributed by atoms with Gasteiger partial charge < -0.3 is 23.4 Å². The number of ether oxygens (including phenoxy) is 4. The van der Waals surface area contributed by atoms with Crippen molar-refractivity contribution < 1.29 is 33.0 Å². The first-order chi connectivity index (χ1) is 16.4. The smallest absolute Gasteiger partial charge is 0.344 e. The second kappa shape index (κ2) is 12.1. The first kappa shape index (κ1) is 25.1. The van der Waals surface area contributed by atoms with Crippen LogP contribution in [0.15, 0.2) is 50.4 Å². The van der Waals surface area contributed by atoms with Crippen molar-refractivity contribution in [2.75, 3.05) is 26.4 Å². The standard InChI is InChI=1S/C24H25BrN2O7/c1-4-30-17-7-8-19-15(9-17)10-22(34-19)24(29)27-26-13-16-11-20(31-5-2)21(12-18(16)25)33-14-23(28)32-6-3/h7-13H,4-6,14H2,1-3H3,(H,27,29)/b26-13+. The van der Waals surface area contributed by atoms with Gasteiger partial charge in [-0.3, -0.25) is 4.79 Å². The zero-order valence-corrected chi connectivity index (χ0v) is 20.6. The summed E-state index contributed by atoms with van der Waals surface area (Å²) < 4.78 is 27.7. The van der Waals surface area contributed by atoms with Crippen molar-refractivity contribution in [1.82, 2.24) is 5.43 Å². The fourth-order valence-electron chi connectivity index (χ4n) is 2.98. The molecule has 34 heavy (non-hydrogen) atoms. The van der Waals surface area contributed by atoms with Gasteiger partial charge in [0.25, 0.3) is 0 Å². The van der Waals surface area contributed by atoms with Crippen LogP contribution in [-0.4, -0.2) is 44.5 Å². The molecule has 0 fully saturated rings. The number of halogens is 1. The molecule has 1 N–H and O–H groups in total. The number of amides is 1. The summed E-state index contributed by atoms with van der Waals surface area (Å²) in [5.41, 5.74) is 3.64. The minimum absolute atomic E-state index is 0.123. The summed E-state index contributed by atoms with van der Waals surface area (Å²) in [6.07, 6.45) is 1.45. The maximum atomic E-state index is 12.5. The molecule has 0 radical (unpaired) electrons. The van der Waals surface area contributed by atoms with Crippen molar-refractivity contribution >= 4 is 45.0 Å². The van der Waals surface area contributed by atoms with Gasteiger partial charge in [-0.1, -0.05) is 0 Å². The molecule has 0 aliphatic carbocycles. The maximum absolute atomic E-state index is 12.5. The number of hydrogen-bond donors (Lipinski definition) is 1. The van der Waals surface area contributed by atoms with E-state index in [2.05, 4.69) is 26.5 Å². The van der Waals surface area contributed by atoms with Crippen molar-refractivity contribution in [3.05, 3.63) is 52.2 Å². The van der Waals surface area contributed by atoms with Gasteiger partial charge >= 0.3 is 11.9 Å². The Morgan fingerprint density at radius 2 is 1.76 bits per heavy atom. The van der Waals surface area contributed by atoms with Crippen LogP contribution in [0.3, 0.4) is 0 Å². The Labute approximate surface area is 205 Å². The summed E-state index contributed by atoms with van der Waals surface area (Å²) in [6.45, 7) is 6.42. The zero-order valence-electron chi connectivity index (χ0n) is 19.1. The highest BCUT2D eigenvalue weighted by atomic mass is 79.9. The normalized spacial score (nSPS) is 10.9. The van der Waals surface area contributed by atoms with Crippen molar-refractivity contribution in [2.24, 2.45) is 5.10 Å². The number of esters is 1.